The topological polar surface area (TPSA) is 29.3 Å². The fourth-order valence-corrected chi connectivity index (χ4v) is 2.18. The molecule has 2 nitrogen and oxygen atoms in total. The third-order valence-electron chi connectivity index (χ3n) is 3.18. The largest absolute Gasteiger partial charge is 0.366 e. The van der Waals surface area contributed by atoms with Gasteiger partial charge in [0.1, 0.15) is 5.82 Å². The molecular formula is C15H16ClFN2. The first-order chi connectivity index (χ1) is 9.11. The molecule has 2 aromatic rings. The van der Waals surface area contributed by atoms with Gasteiger partial charge in [0.05, 0.1) is 6.04 Å². The molecule has 0 aromatic heterocycles. The van der Waals surface area contributed by atoms with Gasteiger partial charge in [0.25, 0.3) is 0 Å². The van der Waals surface area contributed by atoms with Gasteiger partial charge < -0.3 is 10.6 Å². The van der Waals surface area contributed by atoms with Gasteiger partial charge in [-0.1, -0.05) is 23.7 Å². The van der Waals surface area contributed by atoms with Crippen molar-refractivity contribution in [1.82, 2.24) is 0 Å². The molecule has 0 bridgehead atoms. The Morgan fingerprint density at radius 1 is 1.11 bits per heavy atom. The van der Waals surface area contributed by atoms with Gasteiger partial charge >= 0.3 is 0 Å². The number of halogens is 2. The highest BCUT2D eigenvalue weighted by Gasteiger charge is 2.15. The van der Waals surface area contributed by atoms with Crippen molar-refractivity contribution in [1.29, 1.82) is 0 Å². The highest BCUT2D eigenvalue weighted by atomic mass is 35.5. The molecule has 0 amide bonds. The van der Waals surface area contributed by atoms with Crippen LogP contribution < -0.4 is 10.6 Å². The van der Waals surface area contributed by atoms with Gasteiger partial charge in [-0.05, 0) is 42.0 Å². The number of hydrogen-bond acceptors (Lipinski definition) is 2. The van der Waals surface area contributed by atoms with Crippen molar-refractivity contribution in [3.63, 3.8) is 0 Å². The summed E-state index contributed by atoms with van der Waals surface area (Å²) in [7, 11) is 1.94. The van der Waals surface area contributed by atoms with E-state index >= 15 is 0 Å². The molecule has 0 saturated carbocycles. The predicted octanol–water partition coefficient (Wildman–Crippen LogP) is 3.62. The van der Waals surface area contributed by atoms with Crippen LogP contribution in [0.15, 0.2) is 48.5 Å². The Balaban J connectivity index is 2.26. The second-order valence-corrected chi connectivity index (χ2v) is 4.83. The first kappa shape index (κ1) is 13.8. The molecule has 4 heteroatoms. The number of hydrogen-bond donors (Lipinski definition) is 1. The lowest BCUT2D eigenvalue weighted by Crippen LogP contribution is -2.30. The summed E-state index contributed by atoms with van der Waals surface area (Å²) in [5.41, 5.74) is 7.87. The van der Waals surface area contributed by atoms with Gasteiger partial charge in [-0.25, -0.2) is 4.39 Å². The summed E-state index contributed by atoms with van der Waals surface area (Å²) in [5.74, 6) is -0.243. The minimum atomic E-state index is -0.243. The smallest absolute Gasteiger partial charge is 0.123 e. The molecule has 2 rings (SSSR count). The Kier molecular flexibility index (Phi) is 4.40. The van der Waals surface area contributed by atoms with Crippen LogP contribution in [0.1, 0.15) is 11.6 Å². The van der Waals surface area contributed by atoms with E-state index in [-0.39, 0.29) is 11.9 Å². The third-order valence-corrected chi connectivity index (χ3v) is 3.43. The first-order valence-corrected chi connectivity index (χ1v) is 6.43. The monoisotopic (exact) mass is 278 g/mol. The summed E-state index contributed by atoms with van der Waals surface area (Å²) in [5, 5.41) is 0.698. The molecule has 0 saturated heterocycles. The van der Waals surface area contributed by atoms with Crippen molar-refractivity contribution in [2.75, 3.05) is 18.5 Å². The van der Waals surface area contributed by atoms with Gasteiger partial charge in [-0.2, -0.15) is 0 Å². The maximum atomic E-state index is 12.9. The summed E-state index contributed by atoms with van der Waals surface area (Å²) in [4.78, 5) is 2.03. The van der Waals surface area contributed by atoms with E-state index in [0.29, 0.717) is 11.6 Å². The molecule has 19 heavy (non-hydrogen) atoms. The van der Waals surface area contributed by atoms with Crippen LogP contribution in [-0.2, 0) is 0 Å². The molecule has 1 unspecified atom stereocenters. The van der Waals surface area contributed by atoms with Crippen molar-refractivity contribution >= 4 is 17.3 Å². The third kappa shape index (κ3) is 3.25. The number of likely N-dealkylation sites (N-methyl/N-ethyl adjacent to an activating group) is 1. The maximum Gasteiger partial charge on any atom is 0.123 e. The van der Waals surface area contributed by atoms with Crippen LogP contribution in [0, 0.1) is 5.82 Å². The summed E-state index contributed by atoms with van der Waals surface area (Å²) in [6.45, 7) is 0.468. The quantitative estimate of drug-likeness (QED) is 0.926. The van der Waals surface area contributed by atoms with E-state index in [9.17, 15) is 4.39 Å². The van der Waals surface area contributed by atoms with Crippen molar-refractivity contribution in [3.8, 4) is 0 Å². The number of nitrogens with two attached hydrogens (primary N) is 1. The highest BCUT2D eigenvalue weighted by Crippen LogP contribution is 2.25. The summed E-state index contributed by atoms with van der Waals surface area (Å²) in [6.07, 6.45) is 0. The minimum absolute atomic E-state index is 0.0303. The lowest BCUT2D eigenvalue weighted by molar-refractivity contribution is 0.626. The Labute approximate surface area is 117 Å². The van der Waals surface area contributed by atoms with Crippen LogP contribution in [-0.4, -0.2) is 13.6 Å². The second-order valence-electron chi connectivity index (χ2n) is 4.39. The van der Waals surface area contributed by atoms with Gasteiger partial charge in [-0.3, -0.25) is 0 Å². The highest BCUT2D eigenvalue weighted by molar-refractivity contribution is 6.30. The van der Waals surface area contributed by atoms with Crippen LogP contribution in [0.5, 0.6) is 0 Å². The van der Waals surface area contributed by atoms with Gasteiger partial charge in [0.15, 0.2) is 0 Å². The molecule has 0 spiro atoms. The number of anilines is 1. The van der Waals surface area contributed by atoms with Gasteiger partial charge in [-0.15, -0.1) is 0 Å². The molecular weight excluding hydrogens is 263 g/mol. The number of rotatable bonds is 4. The fourth-order valence-electron chi connectivity index (χ4n) is 2.06. The van der Waals surface area contributed by atoms with E-state index in [1.807, 2.05) is 36.2 Å². The lowest BCUT2D eigenvalue weighted by atomic mass is 10.1. The predicted molar refractivity (Wildman–Crippen MR) is 78.1 cm³/mol. The molecule has 0 heterocycles. The van der Waals surface area contributed by atoms with E-state index in [4.69, 9.17) is 17.3 Å². The average molecular weight is 279 g/mol. The van der Waals surface area contributed by atoms with Crippen molar-refractivity contribution in [2.24, 2.45) is 5.73 Å². The minimum Gasteiger partial charge on any atom is -0.366 e. The van der Waals surface area contributed by atoms with E-state index in [1.165, 1.54) is 12.1 Å². The van der Waals surface area contributed by atoms with E-state index in [2.05, 4.69) is 0 Å². The number of nitrogens with zero attached hydrogens (tertiary/aromatic N) is 1. The lowest BCUT2D eigenvalue weighted by Gasteiger charge is -2.29. The molecule has 2 aromatic carbocycles. The van der Waals surface area contributed by atoms with Crippen LogP contribution in [0.2, 0.25) is 5.02 Å². The normalized spacial score (nSPS) is 12.2. The Bertz CT molecular complexity index is 525. The van der Waals surface area contributed by atoms with Crippen LogP contribution in [0.4, 0.5) is 10.1 Å². The second kappa shape index (κ2) is 6.04. The van der Waals surface area contributed by atoms with E-state index < -0.39 is 0 Å². The van der Waals surface area contributed by atoms with Crippen molar-refractivity contribution in [2.45, 2.75) is 6.04 Å². The average Bonchev–Trinajstić information content (AvgIpc) is 2.42. The molecule has 2 N–H and O–H groups in total. The van der Waals surface area contributed by atoms with Crippen LogP contribution in [0.3, 0.4) is 0 Å². The zero-order chi connectivity index (χ0) is 13.8. The van der Waals surface area contributed by atoms with E-state index in [1.54, 1.807) is 12.1 Å². The fraction of sp³-hybridized carbons (Fsp3) is 0.200. The van der Waals surface area contributed by atoms with Gasteiger partial charge in [0.2, 0.25) is 0 Å². The first-order valence-electron chi connectivity index (χ1n) is 6.05. The Morgan fingerprint density at radius 2 is 1.68 bits per heavy atom. The molecule has 0 fully saturated rings. The SMILES string of the molecule is CN(c1ccc(F)cc1)C(CN)c1ccc(Cl)cc1. The standard InChI is InChI=1S/C15H16ClFN2/c1-19(14-8-6-13(17)7-9-14)15(10-18)11-2-4-12(16)5-3-11/h2-9,15H,10,18H2,1H3. The Morgan fingerprint density at radius 3 is 2.21 bits per heavy atom. The zero-order valence-corrected chi connectivity index (χ0v) is 11.4. The van der Waals surface area contributed by atoms with Crippen LogP contribution in [0.25, 0.3) is 0 Å². The summed E-state index contributed by atoms with van der Waals surface area (Å²) in [6, 6.07) is 14.0. The summed E-state index contributed by atoms with van der Waals surface area (Å²) < 4.78 is 12.9. The zero-order valence-electron chi connectivity index (χ0n) is 10.7. The summed E-state index contributed by atoms with van der Waals surface area (Å²) >= 11 is 5.89. The van der Waals surface area contributed by atoms with Crippen molar-refractivity contribution < 1.29 is 4.39 Å². The van der Waals surface area contributed by atoms with Gasteiger partial charge in [0, 0.05) is 24.3 Å². The Hall–Kier alpha value is -1.58. The number of benzene rings is 2. The maximum absolute atomic E-state index is 12.9. The van der Waals surface area contributed by atoms with E-state index in [0.717, 1.165) is 11.3 Å². The molecule has 0 aliphatic carbocycles. The molecule has 100 valence electrons. The van der Waals surface area contributed by atoms with Crippen molar-refractivity contribution in [3.05, 3.63) is 64.9 Å². The van der Waals surface area contributed by atoms with Crippen LogP contribution >= 0.6 is 11.6 Å². The molecule has 0 aliphatic heterocycles. The molecule has 0 aliphatic rings. The molecule has 1 atom stereocenters. The molecule has 0 radical (unpaired) electrons.